The van der Waals surface area contributed by atoms with E-state index in [1.54, 1.807) is 13.3 Å². The molecule has 116 valence electrons. The molecular formula is C17H21N3O2. The number of aryl methyl sites for hydroxylation is 1. The van der Waals surface area contributed by atoms with Crippen LogP contribution in [-0.2, 0) is 11.2 Å². The molecule has 0 atom stereocenters. The van der Waals surface area contributed by atoms with Crippen molar-refractivity contribution >= 4 is 11.6 Å². The molecule has 2 aromatic rings. The van der Waals surface area contributed by atoms with E-state index in [0.29, 0.717) is 19.5 Å². The van der Waals surface area contributed by atoms with Gasteiger partial charge in [-0.05, 0) is 36.2 Å². The number of pyridine rings is 1. The van der Waals surface area contributed by atoms with Crippen molar-refractivity contribution in [3.8, 4) is 5.75 Å². The molecule has 1 aromatic carbocycles. The molecule has 0 bridgehead atoms. The summed E-state index contributed by atoms with van der Waals surface area (Å²) in [4.78, 5) is 15.9. The maximum atomic E-state index is 11.9. The predicted molar refractivity (Wildman–Crippen MR) is 87.2 cm³/mol. The minimum absolute atomic E-state index is 0.00139. The van der Waals surface area contributed by atoms with Gasteiger partial charge in [0.1, 0.15) is 5.75 Å². The lowest BCUT2D eigenvalue weighted by molar-refractivity contribution is -0.120. The van der Waals surface area contributed by atoms with Crippen LogP contribution in [0, 0.1) is 6.92 Å². The number of anilines is 1. The van der Waals surface area contributed by atoms with Gasteiger partial charge < -0.3 is 15.4 Å². The zero-order chi connectivity index (χ0) is 15.8. The predicted octanol–water partition coefficient (Wildman–Crippen LogP) is 2.17. The lowest BCUT2D eigenvalue weighted by Crippen LogP contribution is -2.30. The standard InChI is InChI=1S/C17H21N3O2/c1-13-12-18-7-6-16(13)19-8-9-20-17(21)11-14-4-3-5-15(10-14)22-2/h3-7,10,12H,8-9,11H2,1-2H3,(H,18,19)(H,20,21). The van der Waals surface area contributed by atoms with Crippen molar-refractivity contribution < 1.29 is 9.53 Å². The van der Waals surface area contributed by atoms with Crippen LogP contribution in [0.2, 0.25) is 0 Å². The lowest BCUT2D eigenvalue weighted by Gasteiger charge is -2.10. The Kier molecular flexibility index (Phi) is 5.77. The van der Waals surface area contributed by atoms with Crippen molar-refractivity contribution in [3.05, 3.63) is 53.9 Å². The van der Waals surface area contributed by atoms with Crippen molar-refractivity contribution in [2.75, 3.05) is 25.5 Å². The molecule has 1 heterocycles. The topological polar surface area (TPSA) is 63.2 Å². The molecular weight excluding hydrogens is 278 g/mol. The Morgan fingerprint density at radius 1 is 1.27 bits per heavy atom. The van der Waals surface area contributed by atoms with Gasteiger partial charge in [-0.2, -0.15) is 0 Å². The molecule has 0 aliphatic carbocycles. The second-order valence-electron chi connectivity index (χ2n) is 5.00. The Hall–Kier alpha value is -2.56. The third kappa shape index (κ3) is 4.77. The number of amides is 1. The Morgan fingerprint density at radius 3 is 2.91 bits per heavy atom. The molecule has 2 rings (SSSR count). The summed E-state index contributed by atoms with van der Waals surface area (Å²) in [7, 11) is 1.62. The molecule has 22 heavy (non-hydrogen) atoms. The van der Waals surface area contributed by atoms with E-state index in [-0.39, 0.29) is 5.91 Å². The maximum absolute atomic E-state index is 11.9. The number of carbonyl (C=O) groups excluding carboxylic acids is 1. The zero-order valence-corrected chi connectivity index (χ0v) is 12.9. The van der Waals surface area contributed by atoms with Crippen LogP contribution in [0.5, 0.6) is 5.75 Å². The van der Waals surface area contributed by atoms with E-state index in [0.717, 1.165) is 22.6 Å². The summed E-state index contributed by atoms with van der Waals surface area (Å²) in [5.74, 6) is 0.765. The monoisotopic (exact) mass is 299 g/mol. The number of benzene rings is 1. The van der Waals surface area contributed by atoms with Gasteiger partial charge in [-0.3, -0.25) is 9.78 Å². The minimum Gasteiger partial charge on any atom is -0.497 e. The Balaban J connectivity index is 1.73. The van der Waals surface area contributed by atoms with Gasteiger partial charge in [-0.1, -0.05) is 12.1 Å². The average Bonchev–Trinajstić information content (AvgIpc) is 2.53. The third-order valence-electron chi connectivity index (χ3n) is 3.28. The van der Waals surface area contributed by atoms with Crippen molar-refractivity contribution in [1.29, 1.82) is 0 Å². The zero-order valence-electron chi connectivity index (χ0n) is 12.9. The third-order valence-corrected chi connectivity index (χ3v) is 3.28. The molecule has 0 aliphatic heterocycles. The largest absolute Gasteiger partial charge is 0.497 e. The van der Waals surface area contributed by atoms with Gasteiger partial charge >= 0.3 is 0 Å². The number of ether oxygens (including phenoxy) is 1. The SMILES string of the molecule is COc1cccc(CC(=O)NCCNc2ccncc2C)c1. The summed E-state index contributed by atoms with van der Waals surface area (Å²) in [5, 5.41) is 6.18. The van der Waals surface area contributed by atoms with Gasteiger partial charge in [-0.15, -0.1) is 0 Å². The summed E-state index contributed by atoms with van der Waals surface area (Å²) in [5.41, 5.74) is 3.07. The molecule has 5 heteroatoms. The van der Waals surface area contributed by atoms with Crippen LogP contribution in [0.4, 0.5) is 5.69 Å². The number of aromatic nitrogens is 1. The maximum Gasteiger partial charge on any atom is 0.224 e. The molecule has 0 radical (unpaired) electrons. The van der Waals surface area contributed by atoms with Gasteiger partial charge in [0.05, 0.1) is 13.5 Å². The molecule has 1 amide bonds. The van der Waals surface area contributed by atoms with Crippen molar-refractivity contribution in [3.63, 3.8) is 0 Å². The number of rotatable bonds is 7. The molecule has 0 aliphatic rings. The van der Waals surface area contributed by atoms with E-state index in [4.69, 9.17) is 4.74 Å². The summed E-state index contributed by atoms with van der Waals surface area (Å²) < 4.78 is 5.15. The normalized spacial score (nSPS) is 10.1. The highest BCUT2D eigenvalue weighted by atomic mass is 16.5. The van der Waals surface area contributed by atoms with Crippen LogP contribution in [0.1, 0.15) is 11.1 Å². The Morgan fingerprint density at radius 2 is 2.14 bits per heavy atom. The van der Waals surface area contributed by atoms with Gasteiger partial charge in [-0.25, -0.2) is 0 Å². The Bertz CT molecular complexity index is 629. The van der Waals surface area contributed by atoms with E-state index in [2.05, 4.69) is 15.6 Å². The summed E-state index contributed by atoms with van der Waals surface area (Å²) >= 11 is 0. The van der Waals surface area contributed by atoms with E-state index in [1.165, 1.54) is 0 Å². The van der Waals surface area contributed by atoms with Crippen LogP contribution in [0.25, 0.3) is 0 Å². The number of nitrogens with one attached hydrogen (secondary N) is 2. The van der Waals surface area contributed by atoms with E-state index in [1.807, 2.05) is 43.5 Å². The molecule has 0 saturated carbocycles. The summed E-state index contributed by atoms with van der Waals surface area (Å²) in [6, 6.07) is 9.46. The molecule has 2 N–H and O–H groups in total. The van der Waals surface area contributed by atoms with E-state index < -0.39 is 0 Å². The number of nitrogens with zero attached hydrogens (tertiary/aromatic N) is 1. The number of carbonyl (C=O) groups is 1. The fourth-order valence-corrected chi connectivity index (χ4v) is 2.10. The van der Waals surface area contributed by atoms with Crippen LogP contribution in [0.15, 0.2) is 42.7 Å². The van der Waals surface area contributed by atoms with Gasteiger partial charge in [0.15, 0.2) is 0 Å². The second-order valence-corrected chi connectivity index (χ2v) is 5.00. The first-order valence-electron chi connectivity index (χ1n) is 7.23. The second kappa shape index (κ2) is 8.02. The molecule has 0 spiro atoms. The quantitative estimate of drug-likeness (QED) is 0.769. The number of hydrogen-bond acceptors (Lipinski definition) is 4. The lowest BCUT2D eigenvalue weighted by atomic mass is 10.1. The van der Waals surface area contributed by atoms with Crippen LogP contribution < -0.4 is 15.4 Å². The van der Waals surface area contributed by atoms with E-state index >= 15 is 0 Å². The fraction of sp³-hybridized carbons (Fsp3) is 0.294. The van der Waals surface area contributed by atoms with Crippen LogP contribution in [-0.4, -0.2) is 31.1 Å². The van der Waals surface area contributed by atoms with Crippen molar-refractivity contribution in [2.24, 2.45) is 0 Å². The van der Waals surface area contributed by atoms with Crippen molar-refractivity contribution in [2.45, 2.75) is 13.3 Å². The highest BCUT2D eigenvalue weighted by Crippen LogP contribution is 2.13. The minimum atomic E-state index is 0.00139. The van der Waals surface area contributed by atoms with Crippen LogP contribution in [0.3, 0.4) is 0 Å². The van der Waals surface area contributed by atoms with Crippen molar-refractivity contribution in [1.82, 2.24) is 10.3 Å². The van der Waals surface area contributed by atoms with Gasteiger partial charge in [0.2, 0.25) is 5.91 Å². The van der Waals surface area contributed by atoms with Crippen LogP contribution >= 0.6 is 0 Å². The molecule has 0 fully saturated rings. The van der Waals surface area contributed by atoms with E-state index in [9.17, 15) is 4.79 Å². The number of hydrogen-bond donors (Lipinski definition) is 2. The molecule has 0 saturated heterocycles. The first kappa shape index (κ1) is 15.8. The molecule has 0 unspecified atom stereocenters. The summed E-state index contributed by atoms with van der Waals surface area (Å²) in [6.07, 6.45) is 3.91. The molecule has 1 aromatic heterocycles. The Labute approximate surface area is 130 Å². The highest BCUT2D eigenvalue weighted by Gasteiger charge is 2.04. The molecule has 5 nitrogen and oxygen atoms in total. The first-order chi connectivity index (χ1) is 10.7. The first-order valence-corrected chi connectivity index (χ1v) is 7.23. The van der Waals surface area contributed by atoms with Gasteiger partial charge in [0.25, 0.3) is 0 Å². The summed E-state index contributed by atoms with van der Waals surface area (Å²) in [6.45, 7) is 3.25. The smallest absolute Gasteiger partial charge is 0.224 e. The highest BCUT2D eigenvalue weighted by molar-refractivity contribution is 5.78. The fourth-order valence-electron chi connectivity index (χ4n) is 2.10. The number of methoxy groups -OCH3 is 1. The van der Waals surface area contributed by atoms with Gasteiger partial charge in [0, 0.05) is 31.2 Å². The average molecular weight is 299 g/mol.